The Morgan fingerprint density at radius 3 is 2.95 bits per heavy atom. The van der Waals surface area contributed by atoms with Gasteiger partial charge in [-0.25, -0.2) is 14.4 Å². The number of rotatable bonds is 3. The van der Waals surface area contributed by atoms with E-state index in [1.807, 2.05) is 0 Å². The summed E-state index contributed by atoms with van der Waals surface area (Å²) in [5.74, 6) is -0.441. The van der Waals surface area contributed by atoms with E-state index < -0.39 is 5.82 Å². The van der Waals surface area contributed by atoms with E-state index in [-0.39, 0.29) is 11.6 Å². The van der Waals surface area contributed by atoms with Gasteiger partial charge in [0.1, 0.15) is 12.1 Å². The van der Waals surface area contributed by atoms with Gasteiger partial charge in [0.15, 0.2) is 0 Å². The fraction of sp³-hybridized carbons (Fsp3) is 0.267. The second-order valence-corrected chi connectivity index (χ2v) is 4.99. The predicted molar refractivity (Wildman–Crippen MR) is 73.1 cm³/mol. The molecule has 0 unspecified atom stereocenters. The molecule has 0 radical (unpaired) electrons. The molecule has 1 aromatic carbocycles. The van der Waals surface area contributed by atoms with Crippen molar-refractivity contribution in [2.75, 3.05) is 5.32 Å². The molecule has 1 N–H and O–H groups in total. The van der Waals surface area contributed by atoms with Gasteiger partial charge < -0.3 is 5.32 Å². The molecule has 2 aromatic rings. The number of amides is 1. The maximum absolute atomic E-state index is 13.9. The number of benzene rings is 1. The molecule has 4 nitrogen and oxygen atoms in total. The number of hydrogen-bond acceptors (Lipinski definition) is 3. The number of aromatic nitrogens is 2. The van der Waals surface area contributed by atoms with Crippen LogP contribution in [0.5, 0.6) is 0 Å². The van der Waals surface area contributed by atoms with Gasteiger partial charge in [-0.1, -0.05) is 12.1 Å². The van der Waals surface area contributed by atoms with Crippen molar-refractivity contribution >= 4 is 11.6 Å². The molecule has 20 heavy (non-hydrogen) atoms. The van der Waals surface area contributed by atoms with Crippen molar-refractivity contribution in [2.45, 2.75) is 25.7 Å². The third kappa shape index (κ3) is 2.39. The summed E-state index contributed by atoms with van der Waals surface area (Å²) in [6.07, 6.45) is 5.01. The molecule has 0 aliphatic heterocycles. The number of halogens is 1. The summed E-state index contributed by atoms with van der Waals surface area (Å²) in [6, 6.07) is 4.91. The molecule has 0 saturated heterocycles. The summed E-state index contributed by atoms with van der Waals surface area (Å²) in [4.78, 5) is 20.3. The van der Waals surface area contributed by atoms with Crippen molar-refractivity contribution in [3.8, 4) is 0 Å². The Labute approximate surface area is 116 Å². The molecule has 5 heteroatoms. The minimum absolute atomic E-state index is 0.181. The Kier molecular flexibility index (Phi) is 3.18. The van der Waals surface area contributed by atoms with Gasteiger partial charge in [-0.3, -0.25) is 4.79 Å². The summed E-state index contributed by atoms with van der Waals surface area (Å²) in [6.45, 7) is 1.66. The van der Waals surface area contributed by atoms with Crippen LogP contribution in [0.1, 0.15) is 40.4 Å². The third-order valence-electron chi connectivity index (χ3n) is 3.39. The van der Waals surface area contributed by atoms with Crippen LogP contribution in [0.2, 0.25) is 0 Å². The molecule has 1 saturated carbocycles. The molecule has 1 aliphatic carbocycles. The summed E-state index contributed by atoms with van der Waals surface area (Å²) >= 11 is 0. The smallest absolute Gasteiger partial charge is 0.259 e. The zero-order chi connectivity index (χ0) is 14.1. The largest absolute Gasteiger partial charge is 0.319 e. The SMILES string of the molecule is Cc1cccc(NC(=O)c2cncnc2C2CC2)c1F. The van der Waals surface area contributed by atoms with Crippen LogP contribution in [0, 0.1) is 12.7 Å². The van der Waals surface area contributed by atoms with Gasteiger partial charge in [0.25, 0.3) is 5.91 Å². The second-order valence-electron chi connectivity index (χ2n) is 4.99. The van der Waals surface area contributed by atoms with E-state index in [0.717, 1.165) is 18.5 Å². The molecule has 1 aliphatic rings. The van der Waals surface area contributed by atoms with Gasteiger partial charge >= 0.3 is 0 Å². The van der Waals surface area contributed by atoms with Gasteiger partial charge in [0.2, 0.25) is 0 Å². The van der Waals surface area contributed by atoms with Crippen molar-refractivity contribution < 1.29 is 9.18 Å². The van der Waals surface area contributed by atoms with E-state index in [2.05, 4.69) is 15.3 Å². The highest BCUT2D eigenvalue weighted by Crippen LogP contribution is 2.40. The van der Waals surface area contributed by atoms with Crippen molar-refractivity contribution in [2.24, 2.45) is 0 Å². The quantitative estimate of drug-likeness (QED) is 0.933. The summed E-state index contributed by atoms with van der Waals surface area (Å²) in [7, 11) is 0. The zero-order valence-electron chi connectivity index (χ0n) is 11.1. The lowest BCUT2D eigenvalue weighted by atomic mass is 10.1. The number of nitrogens with one attached hydrogen (secondary N) is 1. The van der Waals surface area contributed by atoms with E-state index in [1.54, 1.807) is 25.1 Å². The first-order valence-corrected chi connectivity index (χ1v) is 6.53. The topological polar surface area (TPSA) is 54.9 Å². The maximum atomic E-state index is 13.9. The Bertz CT molecular complexity index is 668. The van der Waals surface area contributed by atoms with Crippen molar-refractivity contribution in [3.63, 3.8) is 0 Å². The van der Waals surface area contributed by atoms with E-state index >= 15 is 0 Å². The predicted octanol–water partition coefficient (Wildman–Crippen LogP) is 3.05. The van der Waals surface area contributed by atoms with Crippen LogP contribution in [0.25, 0.3) is 0 Å². The van der Waals surface area contributed by atoms with Crippen LogP contribution in [0.3, 0.4) is 0 Å². The van der Waals surface area contributed by atoms with Crippen LogP contribution in [-0.4, -0.2) is 15.9 Å². The van der Waals surface area contributed by atoms with Gasteiger partial charge in [-0.2, -0.15) is 0 Å². The fourth-order valence-corrected chi connectivity index (χ4v) is 2.13. The van der Waals surface area contributed by atoms with Crippen LogP contribution in [0.4, 0.5) is 10.1 Å². The van der Waals surface area contributed by atoms with Crippen LogP contribution in [0.15, 0.2) is 30.7 Å². The number of nitrogens with zero attached hydrogens (tertiary/aromatic N) is 2. The molecular formula is C15H14FN3O. The van der Waals surface area contributed by atoms with E-state index in [0.29, 0.717) is 17.0 Å². The highest BCUT2D eigenvalue weighted by molar-refractivity contribution is 6.05. The average Bonchev–Trinajstić information content (AvgIpc) is 3.28. The molecule has 1 fully saturated rings. The van der Waals surface area contributed by atoms with Gasteiger partial charge in [-0.15, -0.1) is 0 Å². The van der Waals surface area contributed by atoms with Crippen molar-refractivity contribution in [1.82, 2.24) is 9.97 Å². The number of carbonyl (C=O) groups excluding carboxylic acids is 1. The average molecular weight is 271 g/mol. The molecule has 102 valence electrons. The minimum Gasteiger partial charge on any atom is -0.319 e. The van der Waals surface area contributed by atoms with E-state index in [9.17, 15) is 9.18 Å². The Morgan fingerprint density at radius 1 is 1.40 bits per heavy atom. The van der Waals surface area contributed by atoms with Crippen LogP contribution in [-0.2, 0) is 0 Å². The summed E-state index contributed by atoms with van der Waals surface area (Å²) in [5, 5.41) is 2.60. The van der Waals surface area contributed by atoms with Crippen molar-refractivity contribution in [1.29, 1.82) is 0 Å². The summed E-state index contributed by atoms with van der Waals surface area (Å²) < 4.78 is 13.9. The van der Waals surface area contributed by atoms with Crippen LogP contribution >= 0.6 is 0 Å². The lowest BCUT2D eigenvalue weighted by Crippen LogP contribution is -2.16. The standard InChI is InChI=1S/C15H14FN3O/c1-9-3-2-4-12(13(9)16)19-15(20)11-7-17-8-18-14(11)10-5-6-10/h2-4,7-8,10H,5-6H2,1H3,(H,19,20). The molecule has 0 bridgehead atoms. The van der Waals surface area contributed by atoms with Gasteiger partial charge in [-0.05, 0) is 31.4 Å². The Morgan fingerprint density at radius 2 is 2.20 bits per heavy atom. The molecule has 1 aromatic heterocycles. The number of hydrogen-bond donors (Lipinski definition) is 1. The molecular weight excluding hydrogens is 257 g/mol. The van der Waals surface area contributed by atoms with Crippen LogP contribution < -0.4 is 5.32 Å². The molecule has 1 heterocycles. The number of anilines is 1. The minimum atomic E-state index is -0.411. The second kappa shape index (κ2) is 5.00. The molecule has 0 spiro atoms. The highest BCUT2D eigenvalue weighted by Gasteiger charge is 2.29. The van der Waals surface area contributed by atoms with Gasteiger partial charge in [0, 0.05) is 12.1 Å². The molecule has 0 atom stereocenters. The fourth-order valence-electron chi connectivity index (χ4n) is 2.13. The number of aryl methyl sites for hydroxylation is 1. The first kappa shape index (κ1) is 12.7. The van der Waals surface area contributed by atoms with E-state index in [1.165, 1.54) is 12.5 Å². The maximum Gasteiger partial charge on any atom is 0.259 e. The molecule has 1 amide bonds. The first-order valence-electron chi connectivity index (χ1n) is 6.53. The Hall–Kier alpha value is -2.30. The van der Waals surface area contributed by atoms with Gasteiger partial charge in [0.05, 0.1) is 16.9 Å². The third-order valence-corrected chi connectivity index (χ3v) is 3.39. The first-order chi connectivity index (χ1) is 9.66. The zero-order valence-corrected chi connectivity index (χ0v) is 11.1. The Balaban J connectivity index is 1.88. The van der Waals surface area contributed by atoms with Crippen molar-refractivity contribution in [3.05, 3.63) is 53.4 Å². The summed E-state index contributed by atoms with van der Waals surface area (Å²) in [5.41, 5.74) is 1.86. The lowest BCUT2D eigenvalue weighted by Gasteiger charge is -2.09. The monoisotopic (exact) mass is 271 g/mol. The normalized spacial score (nSPS) is 14.1. The number of carbonyl (C=O) groups is 1. The highest BCUT2D eigenvalue weighted by atomic mass is 19.1. The lowest BCUT2D eigenvalue weighted by molar-refractivity contribution is 0.102. The van der Waals surface area contributed by atoms with E-state index in [4.69, 9.17) is 0 Å². The molecule has 3 rings (SSSR count).